The number of nitrogens with one attached hydrogen (secondary N) is 2. The lowest BCUT2D eigenvalue weighted by atomic mass is 10.2. The number of hydrogen-bond acceptors (Lipinski definition) is 5. The van der Waals surface area contributed by atoms with Gasteiger partial charge in [-0.1, -0.05) is 29.3 Å². The van der Waals surface area contributed by atoms with Crippen molar-refractivity contribution in [2.24, 2.45) is 0 Å². The largest absolute Gasteiger partial charge is 0.367 e. The molecule has 9 heteroatoms. The van der Waals surface area contributed by atoms with Crippen LogP contribution in [0.4, 0.5) is 17.3 Å². The van der Waals surface area contributed by atoms with Gasteiger partial charge in [-0.3, -0.25) is 14.9 Å². The van der Waals surface area contributed by atoms with E-state index in [1.807, 2.05) is 0 Å². The number of amides is 1. The van der Waals surface area contributed by atoms with Gasteiger partial charge in [-0.05, 0) is 18.2 Å². The van der Waals surface area contributed by atoms with Gasteiger partial charge >= 0.3 is 5.69 Å². The molecule has 114 valence electrons. The Hall–Kier alpha value is -2.38. The summed E-state index contributed by atoms with van der Waals surface area (Å²) in [7, 11) is 1.49. The Morgan fingerprint density at radius 3 is 2.41 bits per heavy atom. The van der Waals surface area contributed by atoms with Gasteiger partial charge in [-0.2, -0.15) is 0 Å². The minimum absolute atomic E-state index is 0.0352. The van der Waals surface area contributed by atoms with Crippen molar-refractivity contribution in [3.63, 3.8) is 0 Å². The lowest BCUT2D eigenvalue weighted by Crippen LogP contribution is -2.14. The molecule has 22 heavy (non-hydrogen) atoms. The lowest BCUT2D eigenvalue weighted by molar-refractivity contribution is -0.384. The first-order valence-corrected chi connectivity index (χ1v) is 6.78. The summed E-state index contributed by atoms with van der Waals surface area (Å²) >= 11 is 11.9. The average Bonchev–Trinajstić information content (AvgIpc) is 2.46. The van der Waals surface area contributed by atoms with Crippen LogP contribution in [-0.4, -0.2) is 22.9 Å². The Morgan fingerprint density at radius 1 is 1.23 bits per heavy atom. The predicted molar refractivity (Wildman–Crippen MR) is 84.9 cm³/mol. The third-order valence-corrected chi connectivity index (χ3v) is 3.37. The fourth-order valence-corrected chi connectivity index (χ4v) is 2.32. The van der Waals surface area contributed by atoms with E-state index in [2.05, 4.69) is 15.6 Å². The molecule has 0 radical (unpaired) electrons. The lowest BCUT2D eigenvalue weighted by Gasteiger charge is -2.09. The van der Waals surface area contributed by atoms with Gasteiger partial charge in [0.2, 0.25) is 5.82 Å². The number of pyridine rings is 1. The normalized spacial score (nSPS) is 10.1. The highest BCUT2D eigenvalue weighted by atomic mass is 35.5. The van der Waals surface area contributed by atoms with Crippen molar-refractivity contribution < 1.29 is 9.72 Å². The van der Waals surface area contributed by atoms with Crippen LogP contribution in [0.15, 0.2) is 30.3 Å². The molecule has 2 aromatic rings. The fraction of sp³-hybridized carbons (Fsp3) is 0.0769. The van der Waals surface area contributed by atoms with Gasteiger partial charge < -0.3 is 10.6 Å². The van der Waals surface area contributed by atoms with Crippen molar-refractivity contribution in [2.75, 3.05) is 17.7 Å². The van der Waals surface area contributed by atoms with E-state index in [0.29, 0.717) is 0 Å². The molecule has 0 aliphatic heterocycles. The zero-order valence-electron chi connectivity index (χ0n) is 11.3. The van der Waals surface area contributed by atoms with Gasteiger partial charge in [0, 0.05) is 13.1 Å². The predicted octanol–water partition coefficient (Wildman–Crippen LogP) is 3.59. The maximum absolute atomic E-state index is 12.2. The number of anilines is 2. The number of hydrogen-bond donors (Lipinski definition) is 2. The Labute approximate surface area is 135 Å². The highest BCUT2D eigenvalue weighted by Gasteiger charge is 2.18. The number of benzene rings is 1. The van der Waals surface area contributed by atoms with Crippen molar-refractivity contribution in [1.82, 2.24) is 4.98 Å². The van der Waals surface area contributed by atoms with E-state index in [9.17, 15) is 14.9 Å². The summed E-state index contributed by atoms with van der Waals surface area (Å²) in [5.41, 5.74) is -0.0896. The molecule has 0 aliphatic rings. The van der Waals surface area contributed by atoms with Crippen LogP contribution < -0.4 is 10.6 Å². The first kappa shape index (κ1) is 16.0. The monoisotopic (exact) mass is 340 g/mol. The van der Waals surface area contributed by atoms with Gasteiger partial charge in [-0.25, -0.2) is 4.98 Å². The molecule has 0 spiro atoms. The molecule has 0 aliphatic carbocycles. The highest BCUT2D eigenvalue weighted by Crippen LogP contribution is 2.27. The molecule has 2 N–H and O–H groups in total. The zero-order valence-corrected chi connectivity index (χ0v) is 12.8. The molecule has 0 saturated carbocycles. The summed E-state index contributed by atoms with van der Waals surface area (Å²) in [6.45, 7) is 0. The Morgan fingerprint density at radius 2 is 1.86 bits per heavy atom. The smallest absolute Gasteiger partial charge is 0.311 e. The molecule has 0 bridgehead atoms. The highest BCUT2D eigenvalue weighted by molar-refractivity contribution is 6.40. The van der Waals surface area contributed by atoms with Crippen LogP contribution in [-0.2, 0) is 0 Å². The molecule has 0 fully saturated rings. The molecule has 1 aromatic heterocycles. The Balaban J connectivity index is 2.31. The number of aromatic nitrogens is 1. The topological polar surface area (TPSA) is 97.2 Å². The Bertz CT molecular complexity index is 732. The summed E-state index contributed by atoms with van der Waals surface area (Å²) in [6.07, 6.45) is 0. The molecule has 0 unspecified atom stereocenters. The third-order valence-electron chi connectivity index (χ3n) is 2.74. The summed E-state index contributed by atoms with van der Waals surface area (Å²) in [4.78, 5) is 26.4. The first-order valence-electron chi connectivity index (χ1n) is 6.02. The van der Waals surface area contributed by atoms with Crippen molar-refractivity contribution >= 4 is 46.4 Å². The molecule has 0 saturated heterocycles. The summed E-state index contributed by atoms with van der Waals surface area (Å²) < 4.78 is 0. The average molecular weight is 341 g/mol. The Kier molecular flexibility index (Phi) is 4.79. The van der Waals surface area contributed by atoms with Crippen molar-refractivity contribution in [3.8, 4) is 0 Å². The number of nitro groups is 1. The van der Waals surface area contributed by atoms with Crippen LogP contribution in [0, 0.1) is 10.1 Å². The maximum atomic E-state index is 12.2. The van der Waals surface area contributed by atoms with Gasteiger partial charge in [0.1, 0.15) is 5.82 Å². The van der Waals surface area contributed by atoms with E-state index in [1.54, 1.807) is 6.07 Å². The van der Waals surface area contributed by atoms with Crippen molar-refractivity contribution in [1.29, 1.82) is 0 Å². The first-order chi connectivity index (χ1) is 10.4. The zero-order chi connectivity index (χ0) is 16.3. The molecule has 1 amide bonds. The van der Waals surface area contributed by atoms with Crippen LogP contribution in [0.2, 0.25) is 10.0 Å². The molecular weight excluding hydrogens is 331 g/mol. The molecule has 1 aromatic carbocycles. The molecule has 0 atom stereocenters. The van der Waals surface area contributed by atoms with Gasteiger partial charge in [-0.15, -0.1) is 0 Å². The quantitative estimate of drug-likeness (QED) is 0.654. The molecule has 7 nitrogen and oxygen atoms in total. The number of carbonyl (C=O) groups excluding carboxylic acids is 1. The van der Waals surface area contributed by atoms with Crippen LogP contribution >= 0.6 is 23.2 Å². The number of carbonyl (C=O) groups is 1. The van der Waals surface area contributed by atoms with Crippen LogP contribution in [0.3, 0.4) is 0 Å². The number of halogens is 2. The molecule has 2 rings (SSSR count). The van der Waals surface area contributed by atoms with Crippen molar-refractivity contribution in [3.05, 3.63) is 56.1 Å². The number of nitrogens with zero attached hydrogens (tertiary/aromatic N) is 2. The van der Waals surface area contributed by atoms with E-state index in [-0.39, 0.29) is 32.9 Å². The summed E-state index contributed by atoms with van der Waals surface area (Å²) in [5, 5.41) is 16.3. The van der Waals surface area contributed by atoms with E-state index in [0.717, 1.165) is 0 Å². The van der Waals surface area contributed by atoms with E-state index in [4.69, 9.17) is 23.2 Å². The second-order valence-electron chi connectivity index (χ2n) is 4.12. The van der Waals surface area contributed by atoms with Crippen LogP contribution in [0.1, 0.15) is 10.4 Å². The van der Waals surface area contributed by atoms with E-state index < -0.39 is 10.8 Å². The standard InChI is InChI=1S/C13H10Cl2N4O3/c1-16-12-9(19(21)22)5-6-10(17-12)18-13(20)11-7(14)3-2-4-8(11)15/h2-6H,1H3,(H2,16,17,18,20). The fourth-order valence-electron chi connectivity index (χ4n) is 1.75. The second kappa shape index (κ2) is 6.59. The van der Waals surface area contributed by atoms with E-state index in [1.165, 1.54) is 31.3 Å². The second-order valence-corrected chi connectivity index (χ2v) is 4.94. The van der Waals surface area contributed by atoms with Crippen molar-refractivity contribution in [2.45, 2.75) is 0 Å². The SMILES string of the molecule is CNc1nc(NC(=O)c2c(Cl)cccc2Cl)ccc1[N+](=O)[O-]. The van der Waals surface area contributed by atoms with Gasteiger partial charge in [0.25, 0.3) is 5.91 Å². The molecular formula is C13H10Cl2N4O3. The molecule has 1 heterocycles. The van der Waals surface area contributed by atoms with Crippen LogP contribution in [0.25, 0.3) is 0 Å². The van der Waals surface area contributed by atoms with Gasteiger partial charge in [0.15, 0.2) is 0 Å². The minimum Gasteiger partial charge on any atom is -0.367 e. The number of rotatable bonds is 4. The van der Waals surface area contributed by atoms with Crippen LogP contribution in [0.5, 0.6) is 0 Å². The maximum Gasteiger partial charge on any atom is 0.311 e. The summed E-state index contributed by atoms with van der Waals surface area (Å²) in [6, 6.07) is 7.24. The minimum atomic E-state index is -0.574. The third kappa shape index (κ3) is 3.26. The van der Waals surface area contributed by atoms with E-state index >= 15 is 0 Å². The summed E-state index contributed by atoms with van der Waals surface area (Å²) in [5.74, 6) is -0.386. The van der Waals surface area contributed by atoms with Gasteiger partial charge in [0.05, 0.1) is 20.5 Å².